The van der Waals surface area contributed by atoms with Crippen LogP contribution in [0.15, 0.2) is 59.6 Å². The van der Waals surface area contributed by atoms with E-state index in [1.807, 2.05) is 0 Å². The first-order valence-corrected chi connectivity index (χ1v) is 7.29. The Balaban J connectivity index is 1.64. The first-order chi connectivity index (χ1) is 9.31. The number of thioether (sulfide) groups is 1. The molecule has 96 valence electrons. The summed E-state index contributed by atoms with van der Waals surface area (Å²) in [5.74, 6) is 0. The van der Waals surface area contributed by atoms with Gasteiger partial charge in [-0.3, -0.25) is 4.99 Å². The van der Waals surface area contributed by atoms with Gasteiger partial charge in [0.1, 0.15) is 0 Å². The molecule has 1 N–H and O–H groups in total. The van der Waals surface area contributed by atoms with E-state index in [2.05, 4.69) is 71.8 Å². The van der Waals surface area contributed by atoms with Crippen LogP contribution in [0.3, 0.4) is 0 Å². The van der Waals surface area contributed by atoms with Crippen LogP contribution in [0.4, 0.5) is 5.69 Å². The molecule has 0 amide bonds. The maximum absolute atomic E-state index is 4.58. The minimum absolute atomic E-state index is 0.439. The number of amidine groups is 1. The predicted octanol–water partition coefficient (Wildman–Crippen LogP) is 4.25. The molecule has 3 rings (SSSR count). The Hall–Kier alpha value is -1.74. The van der Waals surface area contributed by atoms with Crippen molar-refractivity contribution in [3.8, 4) is 0 Å². The molecular weight excluding hydrogens is 252 g/mol. The molecule has 0 fully saturated rings. The van der Waals surface area contributed by atoms with Crippen molar-refractivity contribution >= 4 is 22.6 Å². The van der Waals surface area contributed by atoms with Gasteiger partial charge >= 0.3 is 0 Å². The zero-order valence-corrected chi connectivity index (χ0v) is 11.7. The third-order valence-corrected chi connectivity index (χ3v) is 4.29. The first-order valence-electron chi connectivity index (χ1n) is 6.41. The summed E-state index contributed by atoms with van der Waals surface area (Å²) in [5.41, 5.74) is 3.72. The lowest BCUT2D eigenvalue weighted by atomic mass is 10.1. The highest BCUT2D eigenvalue weighted by Gasteiger charge is 2.20. The van der Waals surface area contributed by atoms with Gasteiger partial charge in [0.2, 0.25) is 0 Å². The standard InChI is InChI=1S/C16H16N2S/c1-12-7-9-14(10-8-12)18-16-17-11-15(19-16)13-5-3-2-4-6-13/h2-10,15H,11H2,1H3,(H,17,18). The van der Waals surface area contributed by atoms with E-state index >= 15 is 0 Å². The minimum atomic E-state index is 0.439. The number of hydrogen-bond acceptors (Lipinski definition) is 3. The number of aliphatic imine (C=N–C) groups is 1. The molecule has 3 heteroatoms. The Morgan fingerprint density at radius 2 is 1.79 bits per heavy atom. The van der Waals surface area contributed by atoms with Crippen LogP contribution in [-0.2, 0) is 0 Å². The quantitative estimate of drug-likeness (QED) is 0.880. The molecule has 1 aliphatic heterocycles. The molecular formula is C16H16N2S. The molecule has 0 saturated carbocycles. The maximum atomic E-state index is 4.58. The van der Waals surface area contributed by atoms with Crippen LogP contribution in [0.2, 0.25) is 0 Å². The largest absolute Gasteiger partial charge is 0.335 e. The fraction of sp³-hybridized carbons (Fsp3) is 0.188. The van der Waals surface area contributed by atoms with Crippen molar-refractivity contribution in [2.24, 2.45) is 4.99 Å². The van der Waals surface area contributed by atoms with Crippen LogP contribution in [0, 0.1) is 6.92 Å². The number of rotatable bonds is 2. The van der Waals surface area contributed by atoms with Crippen molar-refractivity contribution in [1.82, 2.24) is 0 Å². The van der Waals surface area contributed by atoms with Crippen LogP contribution in [0.5, 0.6) is 0 Å². The highest BCUT2D eigenvalue weighted by Crippen LogP contribution is 2.35. The smallest absolute Gasteiger partial charge is 0.161 e. The predicted molar refractivity (Wildman–Crippen MR) is 83.9 cm³/mol. The van der Waals surface area contributed by atoms with Gasteiger partial charge in [0.05, 0.1) is 11.8 Å². The van der Waals surface area contributed by atoms with Crippen molar-refractivity contribution in [3.63, 3.8) is 0 Å². The molecule has 0 bridgehead atoms. The Bertz CT molecular complexity index is 575. The van der Waals surface area contributed by atoms with E-state index in [0.29, 0.717) is 5.25 Å². The van der Waals surface area contributed by atoms with E-state index in [-0.39, 0.29) is 0 Å². The topological polar surface area (TPSA) is 24.4 Å². The first kappa shape index (κ1) is 12.3. The van der Waals surface area contributed by atoms with Gasteiger partial charge < -0.3 is 5.32 Å². The van der Waals surface area contributed by atoms with Crippen molar-refractivity contribution < 1.29 is 0 Å². The summed E-state index contributed by atoms with van der Waals surface area (Å²) < 4.78 is 0. The Kier molecular flexibility index (Phi) is 3.56. The van der Waals surface area contributed by atoms with Crippen molar-refractivity contribution in [3.05, 3.63) is 65.7 Å². The fourth-order valence-corrected chi connectivity index (χ4v) is 3.08. The van der Waals surface area contributed by atoms with Crippen LogP contribution in [0.1, 0.15) is 16.4 Å². The summed E-state index contributed by atoms with van der Waals surface area (Å²) >= 11 is 1.80. The molecule has 2 aromatic rings. The lowest BCUT2D eigenvalue weighted by molar-refractivity contribution is 0.966. The Morgan fingerprint density at radius 1 is 1.05 bits per heavy atom. The molecule has 0 aromatic heterocycles. The van der Waals surface area contributed by atoms with Crippen molar-refractivity contribution in [2.45, 2.75) is 12.2 Å². The summed E-state index contributed by atoms with van der Waals surface area (Å²) in [4.78, 5) is 4.58. The number of anilines is 1. The van der Waals surface area contributed by atoms with E-state index in [0.717, 1.165) is 17.4 Å². The Labute approximate surface area is 118 Å². The summed E-state index contributed by atoms with van der Waals surface area (Å²) in [6.07, 6.45) is 0. The molecule has 1 unspecified atom stereocenters. The van der Waals surface area contributed by atoms with Crippen molar-refractivity contribution in [2.75, 3.05) is 11.9 Å². The van der Waals surface area contributed by atoms with Crippen LogP contribution >= 0.6 is 11.8 Å². The average Bonchev–Trinajstić information content (AvgIpc) is 2.91. The van der Waals surface area contributed by atoms with Gasteiger partial charge in [-0.05, 0) is 24.6 Å². The van der Waals surface area contributed by atoms with E-state index in [9.17, 15) is 0 Å². The number of benzene rings is 2. The number of nitrogens with one attached hydrogen (secondary N) is 1. The van der Waals surface area contributed by atoms with Crippen molar-refractivity contribution in [1.29, 1.82) is 0 Å². The molecule has 0 saturated heterocycles. The summed E-state index contributed by atoms with van der Waals surface area (Å²) in [6, 6.07) is 19.0. The number of hydrogen-bond donors (Lipinski definition) is 1. The molecule has 1 aliphatic rings. The van der Waals surface area contributed by atoms with Gasteiger partial charge in [-0.15, -0.1) is 0 Å². The van der Waals surface area contributed by atoms with E-state index < -0.39 is 0 Å². The minimum Gasteiger partial charge on any atom is -0.335 e. The van der Waals surface area contributed by atoms with Crippen LogP contribution in [0.25, 0.3) is 0 Å². The molecule has 0 aliphatic carbocycles. The summed E-state index contributed by atoms with van der Waals surface area (Å²) in [7, 11) is 0. The third-order valence-electron chi connectivity index (χ3n) is 3.13. The van der Waals surface area contributed by atoms with Gasteiger partial charge in [-0.2, -0.15) is 0 Å². The van der Waals surface area contributed by atoms with E-state index in [1.54, 1.807) is 11.8 Å². The second kappa shape index (κ2) is 5.49. The van der Waals surface area contributed by atoms with Gasteiger partial charge in [0.25, 0.3) is 0 Å². The molecule has 2 nitrogen and oxygen atoms in total. The third kappa shape index (κ3) is 2.99. The average molecular weight is 268 g/mol. The SMILES string of the molecule is Cc1ccc(NC2=NCC(c3ccccc3)S2)cc1. The lowest BCUT2D eigenvalue weighted by Gasteiger charge is -2.09. The molecule has 2 aromatic carbocycles. The molecule has 19 heavy (non-hydrogen) atoms. The lowest BCUT2D eigenvalue weighted by Crippen LogP contribution is -2.05. The van der Waals surface area contributed by atoms with Crippen LogP contribution in [-0.4, -0.2) is 11.7 Å². The normalized spacial score (nSPS) is 18.2. The molecule has 1 atom stereocenters. The zero-order valence-electron chi connectivity index (χ0n) is 10.8. The van der Waals surface area contributed by atoms with E-state index in [4.69, 9.17) is 0 Å². The highest BCUT2D eigenvalue weighted by atomic mass is 32.2. The molecule has 1 heterocycles. The summed E-state index contributed by atoms with van der Waals surface area (Å²) in [6.45, 7) is 2.94. The second-order valence-corrected chi connectivity index (χ2v) is 5.85. The van der Waals surface area contributed by atoms with Gasteiger partial charge in [-0.1, -0.05) is 59.8 Å². The van der Waals surface area contributed by atoms with Gasteiger partial charge in [0.15, 0.2) is 5.17 Å². The Morgan fingerprint density at radius 3 is 2.53 bits per heavy atom. The summed E-state index contributed by atoms with van der Waals surface area (Å²) in [5, 5.41) is 4.83. The van der Waals surface area contributed by atoms with Crippen LogP contribution < -0.4 is 5.32 Å². The second-order valence-electron chi connectivity index (χ2n) is 4.65. The fourth-order valence-electron chi connectivity index (χ4n) is 2.05. The monoisotopic (exact) mass is 268 g/mol. The number of nitrogens with zero attached hydrogens (tertiary/aromatic N) is 1. The molecule has 0 radical (unpaired) electrons. The zero-order chi connectivity index (χ0) is 13.1. The van der Waals surface area contributed by atoms with E-state index in [1.165, 1.54) is 11.1 Å². The van der Waals surface area contributed by atoms with Gasteiger partial charge in [0, 0.05) is 5.69 Å². The highest BCUT2D eigenvalue weighted by molar-refractivity contribution is 8.14. The number of aryl methyl sites for hydroxylation is 1. The van der Waals surface area contributed by atoms with Gasteiger partial charge in [-0.25, -0.2) is 0 Å². The molecule has 0 spiro atoms. The maximum Gasteiger partial charge on any atom is 0.161 e.